The third kappa shape index (κ3) is 3.69. The maximum atomic E-state index is 12.5. The van der Waals surface area contributed by atoms with Crippen molar-refractivity contribution in [2.45, 2.75) is 25.2 Å². The van der Waals surface area contributed by atoms with E-state index in [2.05, 4.69) is 20.0 Å². The highest BCUT2D eigenvalue weighted by Crippen LogP contribution is 2.22. The maximum absolute atomic E-state index is 12.5. The molecule has 7 heteroatoms. The summed E-state index contributed by atoms with van der Waals surface area (Å²) in [6, 6.07) is 4.76. The topological polar surface area (TPSA) is 84.0 Å². The Hall–Kier alpha value is -2.15. The van der Waals surface area contributed by atoms with Gasteiger partial charge in [0, 0.05) is 25.1 Å². The lowest BCUT2D eigenvalue weighted by Crippen LogP contribution is -2.17. The van der Waals surface area contributed by atoms with Crippen LogP contribution >= 0.6 is 0 Å². The molecule has 0 atom stereocenters. The van der Waals surface area contributed by atoms with Crippen molar-refractivity contribution in [3.63, 3.8) is 0 Å². The quantitative estimate of drug-likeness (QED) is 0.856. The minimum absolute atomic E-state index is 0.134. The van der Waals surface area contributed by atoms with Crippen LogP contribution in [0.5, 0.6) is 0 Å². The van der Waals surface area contributed by atoms with Crippen molar-refractivity contribution in [2.24, 2.45) is 0 Å². The smallest absolute Gasteiger partial charge is 0.265 e. The van der Waals surface area contributed by atoms with Gasteiger partial charge in [0.1, 0.15) is 10.7 Å². The summed E-state index contributed by atoms with van der Waals surface area (Å²) in [6.07, 6.45) is 5.60. The second-order valence-electron chi connectivity index (χ2n) is 4.57. The molecule has 2 aromatic heterocycles. The number of anilines is 2. The Kier molecular flexibility index (Phi) is 4.74. The molecule has 0 aliphatic rings. The number of aryl methyl sites for hydroxylation is 1. The molecule has 2 rings (SSSR count). The first-order valence-corrected chi connectivity index (χ1v) is 8.15. The fraction of sp³-hybridized carbons (Fsp3) is 0.286. The van der Waals surface area contributed by atoms with Crippen molar-refractivity contribution in [3.05, 3.63) is 42.4 Å². The van der Waals surface area contributed by atoms with Gasteiger partial charge in [0.25, 0.3) is 10.0 Å². The van der Waals surface area contributed by atoms with Gasteiger partial charge in [-0.15, -0.1) is 0 Å². The molecular formula is C14H18N4O2S. The molecule has 0 aliphatic heterocycles. The third-order valence-corrected chi connectivity index (χ3v) is 4.26. The zero-order valence-corrected chi connectivity index (χ0v) is 12.8. The molecule has 21 heavy (non-hydrogen) atoms. The van der Waals surface area contributed by atoms with Gasteiger partial charge < -0.3 is 5.32 Å². The first-order chi connectivity index (χ1) is 10.0. The van der Waals surface area contributed by atoms with Gasteiger partial charge in [-0.25, -0.2) is 13.4 Å². The summed E-state index contributed by atoms with van der Waals surface area (Å²) in [5, 5.41) is 3.03. The van der Waals surface area contributed by atoms with E-state index in [0.717, 1.165) is 12.0 Å². The van der Waals surface area contributed by atoms with Crippen LogP contribution in [-0.2, 0) is 10.0 Å². The van der Waals surface area contributed by atoms with E-state index in [1.165, 1.54) is 6.07 Å². The Morgan fingerprint density at radius 2 is 2.05 bits per heavy atom. The van der Waals surface area contributed by atoms with Crippen LogP contribution in [0.1, 0.15) is 18.9 Å². The average molecular weight is 306 g/mol. The van der Waals surface area contributed by atoms with Crippen molar-refractivity contribution in [1.29, 1.82) is 0 Å². The summed E-state index contributed by atoms with van der Waals surface area (Å²) in [5.74, 6) is 0.360. The Morgan fingerprint density at radius 3 is 2.76 bits per heavy atom. The van der Waals surface area contributed by atoms with E-state index < -0.39 is 10.0 Å². The molecule has 0 unspecified atom stereocenters. The largest absolute Gasteiger partial charge is 0.369 e. The van der Waals surface area contributed by atoms with Crippen molar-refractivity contribution in [3.8, 4) is 0 Å². The highest BCUT2D eigenvalue weighted by Gasteiger charge is 2.20. The number of hydrogen-bond acceptors (Lipinski definition) is 5. The van der Waals surface area contributed by atoms with Gasteiger partial charge in [-0.2, -0.15) is 0 Å². The number of aromatic nitrogens is 2. The van der Waals surface area contributed by atoms with E-state index in [4.69, 9.17) is 0 Å². The first-order valence-electron chi connectivity index (χ1n) is 6.67. The summed E-state index contributed by atoms with van der Waals surface area (Å²) in [7, 11) is -3.70. The zero-order chi connectivity index (χ0) is 15.3. The molecule has 0 spiro atoms. The van der Waals surface area contributed by atoms with Crippen LogP contribution in [0.25, 0.3) is 0 Å². The van der Waals surface area contributed by atoms with Gasteiger partial charge in [0.05, 0.1) is 5.69 Å². The van der Waals surface area contributed by atoms with Crippen LogP contribution in [0.3, 0.4) is 0 Å². The average Bonchev–Trinajstić information content (AvgIpc) is 2.47. The van der Waals surface area contributed by atoms with Gasteiger partial charge >= 0.3 is 0 Å². The van der Waals surface area contributed by atoms with Crippen LogP contribution < -0.4 is 10.0 Å². The molecule has 0 saturated carbocycles. The summed E-state index contributed by atoms with van der Waals surface area (Å²) in [6.45, 7) is 4.46. The van der Waals surface area contributed by atoms with Gasteiger partial charge in [-0.3, -0.25) is 9.71 Å². The van der Waals surface area contributed by atoms with Gasteiger partial charge in [0.15, 0.2) is 0 Å². The predicted octanol–water partition coefficient (Wildman–Crippen LogP) is 2.41. The van der Waals surface area contributed by atoms with Crippen molar-refractivity contribution in [2.75, 3.05) is 16.6 Å². The summed E-state index contributed by atoms with van der Waals surface area (Å²) in [4.78, 5) is 8.18. The van der Waals surface area contributed by atoms with Crippen molar-refractivity contribution in [1.82, 2.24) is 9.97 Å². The Labute approximate surface area is 124 Å². The number of nitrogens with one attached hydrogen (secondary N) is 2. The van der Waals surface area contributed by atoms with Crippen LogP contribution in [0.4, 0.5) is 11.5 Å². The summed E-state index contributed by atoms with van der Waals surface area (Å²) >= 11 is 0. The van der Waals surface area contributed by atoms with Gasteiger partial charge in [0.2, 0.25) is 0 Å². The van der Waals surface area contributed by atoms with E-state index in [9.17, 15) is 8.42 Å². The number of pyridine rings is 2. The Bertz CT molecular complexity index is 716. The standard InChI is InChI=1S/C14H18N4O2S/c1-3-7-16-14-13(5-4-8-17-14)21(19,20)18-12-6-9-15-10-11(12)2/h4-6,8-10H,3,7H2,1-2H3,(H,15,18)(H,16,17). The molecular weight excluding hydrogens is 288 g/mol. The van der Waals surface area contributed by atoms with Crippen LogP contribution in [0.2, 0.25) is 0 Å². The number of hydrogen-bond donors (Lipinski definition) is 2. The van der Waals surface area contributed by atoms with Crippen LogP contribution in [0, 0.1) is 6.92 Å². The second kappa shape index (κ2) is 6.53. The lowest BCUT2D eigenvalue weighted by Gasteiger charge is -2.13. The Morgan fingerprint density at radius 1 is 1.24 bits per heavy atom. The summed E-state index contributed by atoms with van der Waals surface area (Å²) < 4.78 is 27.6. The van der Waals surface area contributed by atoms with Crippen LogP contribution in [0.15, 0.2) is 41.7 Å². The molecule has 0 fully saturated rings. The normalized spacial score (nSPS) is 11.1. The first kappa shape index (κ1) is 15.2. The molecule has 2 heterocycles. The van der Waals surface area contributed by atoms with Crippen molar-refractivity contribution < 1.29 is 8.42 Å². The van der Waals surface area contributed by atoms with E-state index in [1.807, 2.05) is 6.92 Å². The van der Waals surface area contributed by atoms with Gasteiger partial charge in [-0.1, -0.05) is 6.92 Å². The van der Waals surface area contributed by atoms with Crippen molar-refractivity contribution >= 4 is 21.5 Å². The van der Waals surface area contributed by atoms with E-state index in [-0.39, 0.29) is 4.90 Å². The highest BCUT2D eigenvalue weighted by atomic mass is 32.2. The summed E-state index contributed by atoms with van der Waals surface area (Å²) in [5.41, 5.74) is 1.27. The van der Waals surface area contributed by atoms with E-state index >= 15 is 0 Å². The lowest BCUT2D eigenvalue weighted by atomic mass is 10.3. The maximum Gasteiger partial charge on any atom is 0.265 e. The lowest BCUT2D eigenvalue weighted by molar-refractivity contribution is 0.601. The Balaban J connectivity index is 2.34. The molecule has 2 N–H and O–H groups in total. The molecule has 0 amide bonds. The fourth-order valence-corrected chi connectivity index (χ4v) is 3.04. The fourth-order valence-electron chi connectivity index (χ4n) is 1.77. The van der Waals surface area contributed by atoms with Gasteiger partial charge in [-0.05, 0) is 37.1 Å². The number of nitrogens with zero attached hydrogens (tertiary/aromatic N) is 2. The monoisotopic (exact) mass is 306 g/mol. The molecule has 0 aliphatic carbocycles. The predicted molar refractivity (Wildman–Crippen MR) is 82.8 cm³/mol. The molecule has 0 bridgehead atoms. The number of sulfonamides is 1. The zero-order valence-electron chi connectivity index (χ0n) is 12.0. The molecule has 0 saturated heterocycles. The minimum Gasteiger partial charge on any atom is -0.369 e. The molecule has 2 aromatic rings. The SMILES string of the molecule is CCCNc1ncccc1S(=O)(=O)Nc1ccncc1C. The second-order valence-corrected chi connectivity index (χ2v) is 6.22. The van der Waals surface area contributed by atoms with Crippen LogP contribution in [-0.4, -0.2) is 24.9 Å². The molecule has 0 aromatic carbocycles. The molecule has 6 nitrogen and oxygen atoms in total. The minimum atomic E-state index is -3.70. The third-order valence-electron chi connectivity index (χ3n) is 2.87. The van der Waals surface area contributed by atoms with E-state index in [1.54, 1.807) is 37.6 Å². The number of rotatable bonds is 6. The van der Waals surface area contributed by atoms with E-state index in [0.29, 0.717) is 18.1 Å². The highest BCUT2D eigenvalue weighted by molar-refractivity contribution is 7.92. The molecule has 0 radical (unpaired) electrons. The molecule has 112 valence electrons.